The van der Waals surface area contributed by atoms with E-state index in [2.05, 4.69) is 25.2 Å². The summed E-state index contributed by atoms with van der Waals surface area (Å²) in [7, 11) is 1.47. The molecule has 0 bridgehead atoms. The maximum atomic E-state index is 13.8. The predicted octanol–water partition coefficient (Wildman–Crippen LogP) is 4.19. The first-order valence-corrected chi connectivity index (χ1v) is 14.4. The second kappa shape index (κ2) is 12.4. The summed E-state index contributed by atoms with van der Waals surface area (Å²) in [4.78, 5) is 41.6. The van der Waals surface area contributed by atoms with Crippen molar-refractivity contribution in [2.24, 2.45) is 0 Å². The monoisotopic (exact) mass is 611 g/mol. The van der Waals surface area contributed by atoms with E-state index in [9.17, 15) is 22.8 Å². The van der Waals surface area contributed by atoms with Crippen molar-refractivity contribution in [2.75, 3.05) is 39.8 Å². The molecule has 1 amide bonds. The number of H-pyrrole nitrogens is 1. The molecule has 1 atom stereocenters. The van der Waals surface area contributed by atoms with Crippen LogP contribution in [0.2, 0.25) is 0 Å². The quantitative estimate of drug-likeness (QED) is 0.308. The number of alkyl halides is 3. The Labute approximate surface area is 252 Å². The minimum absolute atomic E-state index is 0.0500. The molecule has 0 spiro atoms. The normalized spacial score (nSPS) is 15.5. The zero-order chi connectivity index (χ0) is 31.8. The lowest BCUT2D eigenvalue weighted by Gasteiger charge is -2.39. The van der Waals surface area contributed by atoms with Gasteiger partial charge in [0.15, 0.2) is 0 Å². The molecule has 2 N–H and O–H groups in total. The van der Waals surface area contributed by atoms with Crippen LogP contribution in [0.15, 0.2) is 41.6 Å². The Morgan fingerprint density at radius 1 is 1.11 bits per heavy atom. The van der Waals surface area contributed by atoms with Gasteiger partial charge in [0.25, 0.3) is 11.5 Å². The third-order valence-electron chi connectivity index (χ3n) is 8.18. The van der Waals surface area contributed by atoms with Crippen LogP contribution < -0.4 is 15.6 Å². The van der Waals surface area contributed by atoms with Crippen LogP contribution in [0.25, 0.3) is 16.8 Å². The van der Waals surface area contributed by atoms with Gasteiger partial charge in [-0.3, -0.25) is 29.4 Å². The summed E-state index contributed by atoms with van der Waals surface area (Å²) in [5, 5.41) is 2.88. The van der Waals surface area contributed by atoms with Gasteiger partial charge in [-0.2, -0.15) is 13.2 Å². The largest absolute Gasteiger partial charge is 0.496 e. The third-order valence-corrected chi connectivity index (χ3v) is 8.18. The summed E-state index contributed by atoms with van der Waals surface area (Å²) in [5.41, 5.74) is 5.51. The Hall–Kier alpha value is -4.23. The Morgan fingerprint density at radius 2 is 1.84 bits per heavy atom. The number of pyridine rings is 2. The van der Waals surface area contributed by atoms with Gasteiger partial charge in [0.05, 0.1) is 48.9 Å². The van der Waals surface area contributed by atoms with Crippen LogP contribution >= 0.6 is 0 Å². The summed E-state index contributed by atoms with van der Waals surface area (Å²) >= 11 is 0. The molecule has 4 aromatic heterocycles. The molecule has 0 saturated carbocycles. The Bertz CT molecular complexity index is 1720. The molecule has 0 aromatic carbocycles. The smallest absolute Gasteiger partial charge is 0.401 e. The van der Waals surface area contributed by atoms with Crippen LogP contribution in [0, 0.1) is 20.8 Å². The zero-order valence-electron chi connectivity index (χ0n) is 25.4. The topological polar surface area (TPSA) is 108 Å². The van der Waals surface area contributed by atoms with Crippen LogP contribution in [0.5, 0.6) is 5.75 Å². The number of fused-ring (bicyclic) bond motifs is 1. The van der Waals surface area contributed by atoms with E-state index in [0.717, 1.165) is 28.0 Å². The lowest BCUT2D eigenvalue weighted by molar-refractivity contribution is -0.149. The summed E-state index contributed by atoms with van der Waals surface area (Å²) in [5.74, 6) is 0.00198. The highest BCUT2D eigenvalue weighted by Crippen LogP contribution is 2.33. The molecule has 10 nitrogen and oxygen atoms in total. The Kier molecular flexibility index (Phi) is 8.80. The maximum Gasteiger partial charge on any atom is 0.401 e. The number of methoxy groups -OCH3 is 1. The molecule has 1 aliphatic rings. The predicted molar refractivity (Wildman–Crippen MR) is 160 cm³/mol. The van der Waals surface area contributed by atoms with E-state index in [1.54, 1.807) is 31.5 Å². The van der Waals surface area contributed by atoms with Gasteiger partial charge in [0, 0.05) is 67.1 Å². The molecule has 0 radical (unpaired) electrons. The van der Waals surface area contributed by atoms with Crippen LogP contribution in [-0.4, -0.2) is 81.1 Å². The Balaban J connectivity index is 1.52. The van der Waals surface area contributed by atoms with Gasteiger partial charge < -0.3 is 19.4 Å². The first-order chi connectivity index (χ1) is 20.9. The van der Waals surface area contributed by atoms with Crippen molar-refractivity contribution in [1.29, 1.82) is 0 Å². The standard InChI is InChI=1S/C31H36F3N7O3/c1-18-12-27(44-5)24(30(43)38-18)15-37-29(42)23-13-26-22(25-16-35-19(2)14-36-25)6-7-41(26)28(20(23)3)21(4)40-10-8-39(9-11-40)17-31(32,33)34/h6-7,12-14,16,21H,8-11,15,17H2,1-5H3,(H,37,42)(H,38,43). The molecular weight excluding hydrogens is 575 g/mol. The van der Waals surface area contributed by atoms with Gasteiger partial charge in [-0.05, 0) is 51.5 Å². The van der Waals surface area contributed by atoms with Crippen LogP contribution in [0.3, 0.4) is 0 Å². The van der Waals surface area contributed by atoms with Crippen molar-refractivity contribution in [3.8, 4) is 17.0 Å². The molecule has 5 heterocycles. The molecular formula is C31H36F3N7O3. The van der Waals surface area contributed by atoms with E-state index in [-0.39, 0.29) is 37.1 Å². The van der Waals surface area contributed by atoms with Gasteiger partial charge in [-0.1, -0.05) is 0 Å². The average molecular weight is 612 g/mol. The number of amides is 1. The van der Waals surface area contributed by atoms with Gasteiger partial charge >= 0.3 is 6.18 Å². The minimum atomic E-state index is -4.24. The number of rotatable bonds is 8. The summed E-state index contributed by atoms with van der Waals surface area (Å²) in [6.07, 6.45) is 1.04. The highest BCUT2D eigenvalue weighted by atomic mass is 19.4. The number of piperazine rings is 1. The fourth-order valence-corrected chi connectivity index (χ4v) is 5.90. The van der Waals surface area contributed by atoms with E-state index in [0.29, 0.717) is 41.4 Å². The second-order valence-corrected chi connectivity index (χ2v) is 11.2. The third kappa shape index (κ3) is 6.48. The lowest BCUT2D eigenvalue weighted by Crippen LogP contribution is -2.49. The van der Waals surface area contributed by atoms with Crippen molar-refractivity contribution in [3.05, 3.63) is 80.9 Å². The van der Waals surface area contributed by atoms with Gasteiger partial charge in [0.2, 0.25) is 0 Å². The molecule has 0 aliphatic carbocycles. The van der Waals surface area contributed by atoms with Crippen molar-refractivity contribution < 1.29 is 22.7 Å². The van der Waals surface area contributed by atoms with Crippen LogP contribution in [-0.2, 0) is 6.54 Å². The van der Waals surface area contributed by atoms with E-state index < -0.39 is 12.7 Å². The lowest BCUT2D eigenvalue weighted by atomic mass is 9.99. The van der Waals surface area contributed by atoms with Crippen LogP contribution in [0.4, 0.5) is 13.2 Å². The fourth-order valence-electron chi connectivity index (χ4n) is 5.90. The number of carbonyl (C=O) groups excluding carboxylic acids is 1. The van der Waals surface area contributed by atoms with E-state index >= 15 is 0 Å². The number of aryl methyl sites for hydroxylation is 2. The zero-order valence-corrected chi connectivity index (χ0v) is 25.4. The van der Waals surface area contributed by atoms with Gasteiger partial charge in [-0.25, -0.2) is 0 Å². The minimum Gasteiger partial charge on any atom is -0.496 e. The molecule has 13 heteroatoms. The molecule has 44 heavy (non-hydrogen) atoms. The molecule has 1 fully saturated rings. The van der Waals surface area contributed by atoms with Crippen molar-refractivity contribution in [2.45, 2.75) is 46.5 Å². The van der Waals surface area contributed by atoms with E-state index in [4.69, 9.17) is 4.74 Å². The number of halogens is 3. The summed E-state index contributed by atoms with van der Waals surface area (Å²) in [6.45, 7) is 7.96. The number of aromatic amines is 1. The number of carbonyl (C=O) groups is 1. The molecule has 1 aliphatic heterocycles. The number of ether oxygens (including phenoxy) is 1. The SMILES string of the molecule is COc1cc(C)[nH]c(=O)c1CNC(=O)c1cc2c(-c3cnc(C)cn3)ccn2c(C(C)N2CCN(CC(F)(F)F)CC2)c1C. The number of aromatic nitrogens is 4. The van der Waals surface area contributed by atoms with Crippen molar-refractivity contribution >= 4 is 11.4 Å². The van der Waals surface area contributed by atoms with E-state index in [1.165, 1.54) is 12.0 Å². The first kappa shape index (κ1) is 31.2. The van der Waals surface area contributed by atoms with Crippen molar-refractivity contribution in [1.82, 2.24) is 34.5 Å². The summed E-state index contributed by atoms with van der Waals surface area (Å²) in [6, 6.07) is 5.20. The Morgan fingerprint density at radius 3 is 2.48 bits per heavy atom. The number of hydrogen-bond acceptors (Lipinski definition) is 7. The van der Waals surface area contributed by atoms with Crippen molar-refractivity contribution in [3.63, 3.8) is 0 Å². The number of hydrogen-bond donors (Lipinski definition) is 2. The molecule has 5 rings (SSSR count). The van der Waals surface area contributed by atoms with Crippen LogP contribution in [0.1, 0.15) is 51.5 Å². The second-order valence-electron chi connectivity index (χ2n) is 11.2. The van der Waals surface area contributed by atoms with Gasteiger partial charge in [0.1, 0.15) is 5.75 Å². The fraction of sp³-hybridized carbons (Fsp3) is 0.419. The van der Waals surface area contributed by atoms with E-state index in [1.807, 2.05) is 37.4 Å². The number of nitrogens with zero attached hydrogens (tertiary/aromatic N) is 5. The highest BCUT2D eigenvalue weighted by molar-refractivity contribution is 5.98. The number of nitrogens with one attached hydrogen (secondary N) is 2. The molecule has 1 unspecified atom stereocenters. The first-order valence-electron chi connectivity index (χ1n) is 14.4. The molecule has 234 valence electrons. The molecule has 1 saturated heterocycles. The summed E-state index contributed by atoms with van der Waals surface area (Å²) < 4.78 is 46.4. The molecule has 4 aromatic rings. The highest BCUT2D eigenvalue weighted by Gasteiger charge is 2.34. The van der Waals surface area contributed by atoms with Gasteiger partial charge in [-0.15, -0.1) is 0 Å². The maximum absolute atomic E-state index is 13.8. The average Bonchev–Trinajstić information content (AvgIpc) is 3.39.